The summed E-state index contributed by atoms with van der Waals surface area (Å²) in [6.45, 7) is 2.02. The maximum atomic E-state index is 14.5. The fraction of sp³-hybridized carbons (Fsp3) is 0.304. The van der Waals surface area contributed by atoms with Crippen LogP contribution in [0, 0.1) is 5.82 Å². The molecule has 0 aliphatic carbocycles. The van der Waals surface area contributed by atoms with E-state index >= 15 is 0 Å². The van der Waals surface area contributed by atoms with Gasteiger partial charge in [0, 0.05) is 59.6 Å². The summed E-state index contributed by atoms with van der Waals surface area (Å²) >= 11 is 7.17. The number of benzene rings is 2. The summed E-state index contributed by atoms with van der Waals surface area (Å²) in [6, 6.07) is 11.5. The molecule has 2 aromatic carbocycles. The molecule has 0 radical (unpaired) electrons. The number of rotatable bonds is 4. The lowest BCUT2D eigenvalue weighted by Gasteiger charge is -2.22. The molecule has 0 unspecified atom stereocenters. The van der Waals surface area contributed by atoms with Gasteiger partial charge in [-0.3, -0.25) is 4.79 Å². The molecule has 0 bridgehead atoms. The second kappa shape index (κ2) is 9.85. The number of fused-ring (bicyclic) bond motifs is 1. The summed E-state index contributed by atoms with van der Waals surface area (Å²) < 4.78 is 20.4. The third-order valence-corrected chi connectivity index (χ3v) is 6.85. The summed E-state index contributed by atoms with van der Waals surface area (Å²) in [5, 5.41) is 3.90. The predicted octanol–water partition coefficient (Wildman–Crippen LogP) is 5.22. The number of nitrogens with zero attached hydrogens (tertiary/aromatic N) is 2. The Kier molecular flexibility index (Phi) is 6.93. The van der Waals surface area contributed by atoms with Crippen LogP contribution in [0.1, 0.15) is 21.7 Å². The normalized spacial score (nSPS) is 14.5. The summed E-state index contributed by atoms with van der Waals surface area (Å²) in [5.41, 5.74) is 1.24. The first kappa shape index (κ1) is 22.5. The molecule has 1 aliphatic rings. The maximum Gasteiger partial charge on any atom is 0.321 e. The number of amides is 3. The molecule has 4 rings (SSSR count). The van der Waals surface area contributed by atoms with Crippen molar-refractivity contribution in [1.82, 2.24) is 9.80 Å². The van der Waals surface area contributed by atoms with Crippen molar-refractivity contribution in [3.05, 3.63) is 63.7 Å². The Hall–Kier alpha value is -2.68. The lowest BCUT2D eigenvalue weighted by Crippen LogP contribution is -2.39. The largest absolute Gasteiger partial charge is 0.380 e. The van der Waals surface area contributed by atoms with E-state index in [2.05, 4.69) is 5.32 Å². The van der Waals surface area contributed by atoms with Gasteiger partial charge in [-0.2, -0.15) is 0 Å². The summed E-state index contributed by atoms with van der Waals surface area (Å²) in [5.74, 6) is -0.511. The van der Waals surface area contributed by atoms with E-state index < -0.39 is 0 Å². The predicted molar refractivity (Wildman–Crippen MR) is 125 cm³/mol. The Morgan fingerprint density at radius 1 is 1.09 bits per heavy atom. The number of urea groups is 1. The lowest BCUT2D eigenvalue weighted by molar-refractivity contribution is 0.0763. The van der Waals surface area contributed by atoms with Gasteiger partial charge >= 0.3 is 6.03 Å². The molecule has 0 saturated carbocycles. The number of methoxy groups -OCH3 is 1. The quantitative estimate of drug-likeness (QED) is 0.562. The monoisotopic (exact) mass is 475 g/mol. The molecule has 2 heterocycles. The van der Waals surface area contributed by atoms with Crippen LogP contribution in [0.5, 0.6) is 0 Å². The minimum Gasteiger partial charge on any atom is -0.380 e. The molecule has 168 valence electrons. The molecule has 1 aliphatic heterocycles. The lowest BCUT2D eigenvalue weighted by atomic mass is 10.1. The van der Waals surface area contributed by atoms with Gasteiger partial charge in [-0.05, 0) is 42.8 Å². The van der Waals surface area contributed by atoms with E-state index in [1.165, 1.54) is 24.5 Å². The molecule has 0 spiro atoms. The van der Waals surface area contributed by atoms with Crippen LogP contribution in [0.15, 0.2) is 42.5 Å². The van der Waals surface area contributed by atoms with Gasteiger partial charge in [0.15, 0.2) is 0 Å². The van der Waals surface area contributed by atoms with Crippen molar-refractivity contribution >= 4 is 50.6 Å². The van der Waals surface area contributed by atoms with E-state index in [9.17, 15) is 14.0 Å². The zero-order chi connectivity index (χ0) is 22.7. The van der Waals surface area contributed by atoms with Gasteiger partial charge in [0.05, 0.1) is 11.5 Å². The Labute approximate surface area is 194 Å². The van der Waals surface area contributed by atoms with Gasteiger partial charge in [0.25, 0.3) is 5.91 Å². The molecular formula is C23H23ClFN3O3S. The van der Waals surface area contributed by atoms with Crippen LogP contribution in [-0.4, -0.2) is 55.0 Å². The highest BCUT2D eigenvalue weighted by Crippen LogP contribution is 2.34. The number of hydrogen-bond donors (Lipinski definition) is 1. The topological polar surface area (TPSA) is 61.9 Å². The van der Waals surface area contributed by atoms with Crippen LogP contribution in [-0.2, 0) is 11.3 Å². The number of hydrogen-bond acceptors (Lipinski definition) is 4. The SMILES string of the molecule is COCc1c(C(=O)N2CCCN(C(=O)Nc3ccc(Cl)cc3)CC2)sc2cccc(F)c12. The van der Waals surface area contributed by atoms with E-state index in [1.807, 2.05) is 6.07 Å². The summed E-state index contributed by atoms with van der Waals surface area (Å²) in [7, 11) is 1.53. The van der Waals surface area contributed by atoms with E-state index in [0.29, 0.717) is 59.1 Å². The highest BCUT2D eigenvalue weighted by atomic mass is 35.5. The van der Waals surface area contributed by atoms with E-state index in [4.69, 9.17) is 16.3 Å². The zero-order valence-electron chi connectivity index (χ0n) is 17.6. The third kappa shape index (κ3) is 4.72. The number of thiophene rings is 1. The molecule has 9 heteroatoms. The maximum absolute atomic E-state index is 14.5. The number of anilines is 1. The highest BCUT2D eigenvalue weighted by Gasteiger charge is 2.27. The highest BCUT2D eigenvalue weighted by molar-refractivity contribution is 7.21. The first-order chi connectivity index (χ1) is 15.5. The van der Waals surface area contributed by atoms with Crippen molar-refractivity contribution in [2.45, 2.75) is 13.0 Å². The Balaban J connectivity index is 1.48. The average Bonchev–Trinajstić information content (AvgIpc) is 2.98. The van der Waals surface area contributed by atoms with Crippen molar-refractivity contribution in [2.75, 3.05) is 38.6 Å². The van der Waals surface area contributed by atoms with Crippen molar-refractivity contribution in [3.63, 3.8) is 0 Å². The average molecular weight is 476 g/mol. The number of carbonyl (C=O) groups is 2. The van der Waals surface area contributed by atoms with Gasteiger partial charge in [-0.25, -0.2) is 9.18 Å². The standard InChI is InChI=1S/C23H23ClFN3O3S/c1-31-14-17-20-18(25)4-2-5-19(20)32-21(17)22(29)27-10-3-11-28(13-12-27)23(30)26-16-8-6-15(24)7-9-16/h2,4-9H,3,10-14H2,1H3,(H,26,30). The number of halogens is 2. The van der Waals surface area contributed by atoms with Crippen molar-refractivity contribution < 1.29 is 18.7 Å². The summed E-state index contributed by atoms with van der Waals surface area (Å²) in [4.78, 5) is 29.9. The summed E-state index contributed by atoms with van der Waals surface area (Å²) in [6.07, 6.45) is 0.651. The van der Waals surface area contributed by atoms with E-state index in [1.54, 1.807) is 40.1 Å². The van der Waals surface area contributed by atoms with Gasteiger partial charge in [-0.15, -0.1) is 11.3 Å². The molecule has 6 nitrogen and oxygen atoms in total. The fourth-order valence-corrected chi connectivity index (χ4v) is 5.14. The third-order valence-electron chi connectivity index (χ3n) is 5.41. The number of nitrogens with one attached hydrogen (secondary N) is 1. The second-order valence-corrected chi connectivity index (χ2v) is 9.01. The molecule has 1 aromatic heterocycles. The van der Waals surface area contributed by atoms with Crippen LogP contribution >= 0.6 is 22.9 Å². The van der Waals surface area contributed by atoms with Crippen LogP contribution in [0.25, 0.3) is 10.1 Å². The Bertz CT molecular complexity index is 1140. The molecule has 3 amide bonds. The smallest absolute Gasteiger partial charge is 0.321 e. The number of carbonyl (C=O) groups excluding carboxylic acids is 2. The zero-order valence-corrected chi connectivity index (χ0v) is 19.1. The van der Waals surface area contributed by atoms with Gasteiger partial charge in [0.1, 0.15) is 5.82 Å². The molecule has 1 fully saturated rings. The van der Waals surface area contributed by atoms with Crippen LogP contribution in [0.4, 0.5) is 14.9 Å². The van der Waals surface area contributed by atoms with Crippen molar-refractivity contribution in [1.29, 1.82) is 0 Å². The first-order valence-corrected chi connectivity index (χ1v) is 11.5. The van der Waals surface area contributed by atoms with Crippen LogP contribution < -0.4 is 5.32 Å². The number of ether oxygens (including phenoxy) is 1. The van der Waals surface area contributed by atoms with Gasteiger partial charge in [-0.1, -0.05) is 17.7 Å². The first-order valence-electron chi connectivity index (χ1n) is 10.3. The van der Waals surface area contributed by atoms with Gasteiger partial charge < -0.3 is 19.9 Å². The van der Waals surface area contributed by atoms with E-state index in [-0.39, 0.29) is 24.4 Å². The molecule has 32 heavy (non-hydrogen) atoms. The molecule has 3 aromatic rings. The minimum atomic E-state index is -0.356. The minimum absolute atomic E-state index is 0.155. The Morgan fingerprint density at radius 3 is 2.56 bits per heavy atom. The van der Waals surface area contributed by atoms with E-state index in [0.717, 1.165) is 4.70 Å². The molecule has 1 saturated heterocycles. The molecule has 1 N–H and O–H groups in total. The van der Waals surface area contributed by atoms with Crippen LogP contribution in [0.2, 0.25) is 5.02 Å². The van der Waals surface area contributed by atoms with Gasteiger partial charge in [0.2, 0.25) is 0 Å². The fourth-order valence-electron chi connectivity index (χ4n) is 3.83. The van der Waals surface area contributed by atoms with Crippen molar-refractivity contribution in [3.8, 4) is 0 Å². The van der Waals surface area contributed by atoms with Crippen LogP contribution in [0.3, 0.4) is 0 Å². The van der Waals surface area contributed by atoms with Crippen molar-refractivity contribution in [2.24, 2.45) is 0 Å². The molecule has 0 atom stereocenters. The molecular weight excluding hydrogens is 453 g/mol. The Morgan fingerprint density at radius 2 is 1.81 bits per heavy atom. The second-order valence-electron chi connectivity index (χ2n) is 7.53.